The Labute approximate surface area is 83.9 Å². The van der Waals surface area contributed by atoms with Crippen LogP contribution in [0.1, 0.15) is 18.5 Å². The van der Waals surface area contributed by atoms with Crippen molar-refractivity contribution in [3.63, 3.8) is 0 Å². The quantitative estimate of drug-likeness (QED) is 0.558. The van der Waals surface area contributed by atoms with Gasteiger partial charge in [-0.1, -0.05) is 37.3 Å². The van der Waals surface area contributed by atoms with E-state index in [4.69, 9.17) is 5.84 Å². The van der Waals surface area contributed by atoms with Crippen molar-refractivity contribution in [2.24, 2.45) is 5.84 Å². The molecule has 1 unspecified atom stereocenters. The van der Waals surface area contributed by atoms with Crippen molar-refractivity contribution in [1.29, 1.82) is 0 Å². The maximum absolute atomic E-state index is 5.48. The lowest BCUT2D eigenvalue weighted by atomic mass is 10.1. The van der Waals surface area contributed by atoms with Gasteiger partial charge >= 0.3 is 0 Å². The number of hydrogen-bond acceptors (Lipinski definition) is 3. The molecule has 1 rings (SSSR count). The highest BCUT2D eigenvalue weighted by molar-refractivity contribution is 7.99. The Balaban J connectivity index is 2.56. The highest BCUT2D eigenvalue weighted by Gasteiger charge is 2.07. The van der Waals surface area contributed by atoms with E-state index in [0.717, 1.165) is 11.5 Å². The van der Waals surface area contributed by atoms with Crippen LogP contribution in [0.3, 0.4) is 0 Å². The van der Waals surface area contributed by atoms with Crippen molar-refractivity contribution in [1.82, 2.24) is 5.43 Å². The predicted octanol–water partition coefficient (Wildman–Crippen LogP) is 1.94. The van der Waals surface area contributed by atoms with E-state index in [1.54, 1.807) is 0 Å². The van der Waals surface area contributed by atoms with E-state index >= 15 is 0 Å². The molecule has 0 heterocycles. The molecule has 0 aliphatic heterocycles. The van der Waals surface area contributed by atoms with E-state index in [1.165, 1.54) is 5.56 Å². The number of thioether (sulfide) groups is 1. The molecule has 72 valence electrons. The van der Waals surface area contributed by atoms with E-state index in [9.17, 15) is 0 Å². The van der Waals surface area contributed by atoms with Crippen molar-refractivity contribution in [3.8, 4) is 0 Å². The van der Waals surface area contributed by atoms with Crippen LogP contribution >= 0.6 is 11.8 Å². The Bertz CT molecular complexity index is 226. The third kappa shape index (κ3) is 3.38. The monoisotopic (exact) mass is 196 g/mol. The Morgan fingerprint density at radius 2 is 2.08 bits per heavy atom. The van der Waals surface area contributed by atoms with Crippen LogP contribution in [0.25, 0.3) is 0 Å². The minimum absolute atomic E-state index is 0.270. The van der Waals surface area contributed by atoms with Gasteiger partial charge in [0.05, 0.1) is 6.04 Å². The second-order valence-corrected chi connectivity index (χ2v) is 4.11. The Kier molecular flexibility index (Phi) is 4.90. The van der Waals surface area contributed by atoms with Crippen molar-refractivity contribution >= 4 is 11.8 Å². The lowest BCUT2D eigenvalue weighted by molar-refractivity contribution is 0.611. The van der Waals surface area contributed by atoms with Crippen molar-refractivity contribution < 1.29 is 0 Å². The molecule has 1 aromatic rings. The zero-order chi connectivity index (χ0) is 9.52. The maximum atomic E-state index is 5.48. The Hall–Kier alpha value is -0.510. The molecule has 0 aliphatic carbocycles. The largest absolute Gasteiger partial charge is 0.271 e. The zero-order valence-corrected chi connectivity index (χ0v) is 8.68. The van der Waals surface area contributed by atoms with Gasteiger partial charge in [-0.2, -0.15) is 11.8 Å². The summed E-state index contributed by atoms with van der Waals surface area (Å²) in [6, 6.07) is 10.6. The van der Waals surface area contributed by atoms with Gasteiger partial charge in [-0.05, 0) is 11.3 Å². The lowest BCUT2D eigenvalue weighted by Gasteiger charge is -2.14. The number of rotatable bonds is 5. The molecule has 0 aliphatic rings. The smallest absolute Gasteiger partial charge is 0.0550 e. The summed E-state index contributed by atoms with van der Waals surface area (Å²) in [5.41, 5.74) is 4.09. The third-order valence-electron chi connectivity index (χ3n) is 1.89. The average molecular weight is 196 g/mol. The third-order valence-corrected chi connectivity index (χ3v) is 2.87. The van der Waals surface area contributed by atoms with Gasteiger partial charge in [0.15, 0.2) is 0 Å². The first-order valence-corrected chi connectivity index (χ1v) is 5.62. The van der Waals surface area contributed by atoms with Crippen LogP contribution in [0.2, 0.25) is 0 Å². The number of hydrazine groups is 1. The molecule has 13 heavy (non-hydrogen) atoms. The summed E-state index contributed by atoms with van der Waals surface area (Å²) in [6.07, 6.45) is 0. The number of benzene rings is 1. The minimum atomic E-state index is 0.270. The minimum Gasteiger partial charge on any atom is -0.271 e. The fourth-order valence-corrected chi connectivity index (χ4v) is 1.92. The number of nitrogens with one attached hydrogen (secondary N) is 1. The maximum Gasteiger partial charge on any atom is 0.0550 e. The SMILES string of the molecule is CCSCC(NN)c1ccccc1. The molecule has 2 nitrogen and oxygen atoms in total. The Morgan fingerprint density at radius 1 is 1.38 bits per heavy atom. The van der Waals surface area contributed by atoms with Crippen LogP contribution < -0.4 is 11.3 Å². The van der Waals surface area contributed by atoms with Crippen molar-refractivity contribution in [2.45, 2.75) is 13.0 Å². The second kappa shape index (κ2) is 6.02. The van der Waals surface area contributed by atoms with E-state index < -0.39 is 0 Å². The molecular formula is C10H16N2S. The molecule has 0 aromatic heterocycles. The van der Waals surface area contributed by atoms with Crippen LogP contribution in [-0.4, -0.2) is 11.5 Å². The summed E-state index contributed by atoms with van der Waals surface area (Å²) in [5.74, 6) is 7.64. The summed E-state index contributed by atoms with van der Waals surface area (Å²) in [6.45, 7) is 2.16. The molecule has 0 saturated carbocycles. The summed E-state index contributed by atoms with van der Waals surface area (Å²) in [4.78, 5) is 0. The highest BCUT2D eigenvalue weighted by atomic mass is 32.2. The average Bonchev–Trinajstić information content (AvgIpc) is 2.21. The molecule has 3 N–H and O–H groups in total. The van der Waals surface area contributed by atoms with Gasteiger partial charge in [-0.3, -0.25) is 11.3 Å². The predicted molar refractivity (Wildman–Crippen MR) is 59.5 cm³/mol. The van der Waals surface area contributed by atoms with Crippen LogP contribution in [0, 0.1) is 0 Å². The van der Waals surface area contributed by atoms with E-state index in [1.807, 2.05) is 30.0 Å². The molecule has 1 aromatic carbocycles. The highest BCUT2D eigenvalue weighted by Crippen LogP contribution is 2.16. The second-order valence-electron chi connectivity index (χ2n) is 2.79. The van der Waals surface area contributed by atoms with Gasteiger partial charge in [0.25, 0.3) is 0 Å². The van der Waals surface area contributed by atoms with Crippen molar-refractivity contribution in [2.75, 3.05) is 11.5 Å². The van der Waals surface area contributed by atoms with E-state index in [2.05, 4.69) is 24.5 Å². The van der Waals surface area contributed by atoms with Gasteiger partial charge in [0.1, 0.15) is 0 Å². The molecule has 3 heteroatoms. The van der Waals surface area contributed by atoms with Gasteiger partial charge < -0.3 is 0 Å². The van der Waals surface area contributed by atoms with Gasteiger partial charge in [-0.15, -0.1) is 0 Å². The van der Waals surface area contributed by atoms with Crippen LogP contribution in [-0.2, 0) is 0 Å². The van der Waals surface area contributed by atoms with Gasteiger partial charge in [-0.25, -0.2) is 0 Å². The first-order valence-electron chi connectivity index (χ1n) is 4.47. The lowest BCUT2D eigenvalue weighted by Crippen LogP contribution is -2.29. The van der Waals surface area contributed by atoms with Crippen molar-refractivity contribution in [3.05, 3.63) is 35.9 Å². The normalized spacial score (nSPS) is 12.8. The van der Waals surface area contributed by atoms with E-state index in [0.29, 0.717) is 0 Å². The van der Waals surface area contributed by atoms with Crippen LogP contribution in [0.5, 0.6) is 0 Å². The first-order chi connectivity index (χ1) is 6.38. The molecule has 0 bridgehead atoms. The standard InChI is InChI=1S/C10H16N2S/c1-2-13-8-10(12-11)9-6-4-3-5-7-9/h3-7,10,12H,2,8,11H2,1H3. The molecule has 0 radical (unpaired) electrons. The molecule has 0 fully saturated rings. The first kappa shape index (κ1) is 10.6. The topological polar surface area (TPSA) is 38.0 Å². The number of hydrogen-bond donors (Lipinski definition) is 2. The molecular weight excluding hydrogens is 180 g/mol. The summed E-state index contributed by atoms with van der Waals surface area (Å²) in [7, 11) is 0. The zero-order valence-electron chi connectivity index (χ0n) is 7.86. The molecule has 0 amide bonds. The summed E-state index contributed by atoms with van der Waals surface area (Å²) >= 11 is 1.89. The van der Waals surface area contributed by atoms with Gasteiger partial charge in [0.2, 0.25) is 0 Å². The summed E-state index contributed by atoms with van der Waals surface area (Å²) in [5, 5.41) is 0. The van der Waals surface area contributed by atoms with E-state index in [-0.39, 0.29) is 6.04 Å². The molecule has 0 saturated heterocycles. The van der Waals surface area contributed by atoms with Crippen LogP contribution in [0.4, 0.5) is 0 Å². The fraction of sp³-hybridized carbons (Fsp3) is 0.400. The van der Waals surface area contributed by atoms with Gasteiger partial charge in [0, 0.05) is 5.75 Å². The Morgan fingerprint density at radius 3 is 2.62 bits per heavy atom. The fourth-order valence-electron chi connectivity index (χ4n) is 1.16. The molecule has 0 spiro atoms. The molecule has 1 atom stereocenters. The van der Waals surface area contributed by atoms with Crippen LogP contribution in [0.15, 0.2) is 30.3 Å². The number of nitrogens with two attached hydrogens (primary N) is 1. The summed E-state index contributed by atoms with van der Waals surface area (Å²) < 4.78 is 0.